The lowest BCUT2D eigenvalue weighted by Gasteiger charge is -2.49. The number of benzene rings is 3. The summed E-state index contributed by atoms with van der Waals surface area (Å²) in [6.07, 6.45) is 8.32. The van der Waals surface area contributed by atoms with Gasteiger partial charge >= 0.3 is 6.03 Å². The molecule has 4 atom stereocenters. The molecule has 3 fully saturated rings. The predicted octanol–water partition coefficient (Wildman–Crippen LogP) is 7.31. The largest absolute Gasteiger partial charge is 0.339 e. The molecule has 3 amide bonds. The van der Waals surface area contributed by atoms with Gasteiger partial charge in [0.1, 0.15) is 0 Å². The third kappa shape index (κ3) is 5.69. The van der Waals surface area contributed by atoms with E-state index in [2.05, 4.69) is 80.0 Å². The Morgan fingerprint density at radius 2 is 1.66 bits per heavy atom. The van der Waals surface area contributed by atoms with Crippen LogP contribution < -0.4 is 10.6 Å². The molecule has 7 heteroatoms. The van der Waals surface area contributed by atoms with Gasteiger partial charge in [0, 0.05) is 54.3 Å². The number of piperidine rings is 1. The van der Waals surface area contributed by atoms with Crippen LogP contribution in [0.3, 0.4) is 0 Å². The molecular formula is C37H43BrN4O2. The van der Waals surface area contributed by atoms with Crippen molar-refractivity contribution in [2.45, 2.75) is 68.9 Å². The molecule has 4 unspecified atom stereocenters. The maximum atomic E-state index is 15.0. The fraction of sp³-hybridized carbons (Fsp3) is 0.459. The molecule has 6 nitrogen and oxygen atoms in total. The fourth-order valence-corrected chi connectivity index (χ4v) is 9.14. The molecule has 0 radical (unpaired) electrons. The van der Waals surface area contributed by atoms with Gasteiger partial charge in [-0.3, -0.25) is 4.79 Å². The molecule has 0 aromatic heterocycles. The molecule has 44 heavy (non-hydrogen) atoms. The SMILES string of the molecule is O=C(Nc1ccccc1)N1Cc2cc(Br)ccc2C2(CNCC2C(=O)N2CCC(c3ccccc3)CC2C2CCCCC2)C1. The first kappa shape index (κ1) is 29.5. The summed E-state index contributed by atoms with van der Waals surface area (Å²) in [6.45, 7) is 3.15. The van der Waals surface area contributed by atoms with Crippen LogP contribution in [0.15, 0.2) is 83.3 Å². The lowest BCUT2D eigenvalue weighted by molar-refractivity contribution is -0.143. The van der Waals surface area contributed by atoms with E-state index in [1.54, 1.807) is 0 Å². The first-order valence-corrected chi connectivity index (χ1v) is 17.3. The average molecular weight is 656 g/mol. The Morgan fingerprint density at radius 1 is 0.909 bits per heavy atom. The summed E-state index contributed by atoms with van der Waals surface area (Å²) in [5.74, 6) is 1.10. The van der Waals surface area contributed by atoms with Gasteiger partial charge in [0.2, 0.25) is 5.91 Å². The van der Waals surface area contributed by atoms with E-state index in [1.807, 2.05) is 35.2 Å². The third-order valence-corrected chi connectivity index (χ3v) is 11.4. The zero-order valence-corrected chi connectivity index (χ0v) is 27.0. The maximum absolute atomic E-state index is 15.0. The van der Waals surface area contributed by atoms with Crippen LogP contribution in [-0.2, 0) is 16.8 Å². The van der Waals surface area contributed by atoms with Crippen LogP contribution in [-0.4, -0.2) is 54.0 Å². The minimum atomic E-state index is -0.479. The summed E-state index contributed by atoms with van der Waals surface area (Å²) < 4.78 is 0.992. The Labute approximate surface area is 269 Å². The number of nitrogens with one attached hydrogen (secondary N) is 2. The first-order chi connectivity index (χ1) is 21.5. The number of hydrogen-bond donors (Lipinski definition) is 2. The van der Waals surface area contributed by atoms with E-state index in [1.165, 1.54) is 43.2 Å². The van der Waals surface area contributed by atoms with Crippen LogP contribution in [0.2, 0.25) is 0 Å². The third-order valence-electron chi connectivity index (χ3n) is 10.9. The Hall–Kier alpha value is -3.16. The van der Waals surface area contributed by atoms with Crippen molar-refractivity contribution in [3.05, 3.63) is 100 Å². The Balaban J connectivity index is 1.20. The number of hydrogen-bond acceptors (Lipinski definition) is 3. The number of rotatable bonds is 4. The summed E-state index contributed by atoms with van der Waals surface area (Å²) >= 11 is 3.67. The Bertz CT molecular complexity index is 1480. The molecule has 3 aromatic carbocycles. The molecule has 4 aliphatic rings. The molecule has 3 aromatic rings. The van der Waals surface area contributed by atoms with E-state index in [0.29, 0.717) is 38.0 Å². The number of carbonyl (C=O) groups is 2. The van der Waals surface area contributed by atoms with Gasteiger partial charge in [0.05, 0.1) is 5.92 Å². The van der Waals surface area contributed by atoms with Crippen LogP contribution in [0.4, 0.5) is 10.5 Å². The van der Waals surface area contributed by atoms with Gasteiger partial charge < -0.3 is 20.4 Å². The van der Waals surface area contributed by atoms with Gasteiger partial charge in [-0.25, -0.2) is 4.79 Å². The first-order valence-electron chi connectivity index (χ1n) is 16.5. The van der Waals surface area contributed by atoms with Crippen molar-refractivity contribution in [1.29, 1.82) is 0 Å². The van der Waals surface area contributed by atoms with E-state index >= 15 is 0 Å². The van der Waals surface area contributed by atoms with Gasteiger partial charge in [0.15, 0.2) is 0 Å². The molecule has 3 aliphatic heterocycles. The van der Waals surface area contributed by atoms with Crippen molar-refractivity contribution in [2.24, 2.45) is 11.8 Å². The topological polar surface area (TPSA) is 64.7 Å². The zero-order chi connectivity index (χ0) is 30.1. The van der Waals surface area contributed by atoms with Crippen molar-refractivity contribution >= 4 is 33.6 Å². The Kier molecular flexibility index (Phi) is 8.52. The average Bonchev–Trinajstić information content (AvgIpc) is 3.48. The molecule has 1 spiro atoms. The lowest BCUT2D eigenvalue weighted by Crippen LogP contribution is -2.59. The van der Waals surface area contributed by atoms with Crippen LogP contribution in [0.5, 0.6) is 0 Å². The fourth-order valence-electron chi connectivity index (χ4n) is 8.73. The van der Waals surface area contributed by atoms with Gasteiger partial charge in [-0.05, 0) is 78.5 Å². The van der Waals surface area contributed by atoms with E-state index in [-0.39, 0.29) is 23.9 Å². The van der Waals surface area contributed by atoms with E-state index in [0.717, 1.165) is 35.1 Å². The van der Waals surface area contributed by atoms with Gasteiger partial charge in [-0.1, -0.05) is 89.8 Å². The molecule has 1 saturated carbocycles. The summed E-state index contributed by atoms with van der Waals surface area (Å²) in [5.41, 5.74) is 4.03. The highest BCUT2D eigenvalue weighted by Crippen LogP contribution is 2.46. The van der Waals surface area contributed by atoms with Gasteiger partial charge in [-0.2, -0.15) is 0 Å². The van der Waals surface area contributed by atoms with Crippen LogP contribution in [0, 0.1) is 11.8 Å². The van der Waals surface area contributed by atoms with Crippen molar-refractivity contribution < 1.29 is 9.59 Å². The van der Waals surface area contributed by atoms with Crippen molar-refractivity contribution in [2.75, 3.05) is 31.5 Å². The highest BCUT2D eigenvalue weighted by atomic mass is 79.9. The van der Waals surface area contributed by atoms with Crippen LogP contribution in [0.1, 0.15) is 67.6 Å². The second kappa shape index (κ2) is 12.7. The van der Waals surface area contributed by atoms with E-state index < -0.39 is 5.41 Å². The van der Waals surface area contributed by atoms with Crippen LogP contribution in [0.25, 0.3) is 0 Å². The minimum Gasteiger partial charge on any atom is -0.339 e. The number of para-hydroxylation sites is 1. The highest BCUT2D eigenvalue weighted by Gasteiger charge is 2.54. The standard InChI is InChI=1S/C37H43BrN4O2/c38-30-16-17-32-29(20-30)23-41(36(44)40-31-14-8-3-9-15-31)25-37(32)24-39-22-33(37)35(43)42-19-18-28(26-10-4-1-5-11-26)21-34(42)27-12-6-2-7-13-27/h1,3-5,8-11,14-17,20,27-28,33-34,39H,2,6-7,12-13,18-19,21-25H2,(H,40,44). The molecule has 2 N–H and O–H groups in total. The van der Waals surface area contributed by atoms with Crippen molar-refractivity contribution in [3.63, 3.8) is 0 Å². The molecule has 7 rings (SSSR count). The summed E-state index contributed by atoms with van der Waals surface area (Å²) in [6, 6.07) is 27.1. The number of fused-ring (bicyclic) bond motifs is 2. The molecular weight excluding hydrogens is 612 g/mol. The number of nitrogens with zero attached hydrogens (tertiary/aromatic N) is 2. The highest BCUT2D eigenvalue weighted by molar-refractivity contribution is 9.10. The molecule has 2 saturated heterocycles. The smallest absolute Gasteiger partial charge is 0.322 e. The predicted molar refractivity (Wildman–Crippen MR) is 179 cm³/mol. The summed E-state index contributed by atoms with van der Waals surface area (Å²) in [5, 5.41) is 6.73. The van der Waals surface area contributed by atoms with E-state index in [9.17, 15) is 9.59 Å². The Morgan fingerprint density at radius 3 is 2.43 bits per heavy atom. The maximum Gasteiger partial charge on any atom is 0.322 e. The number of carbonyl (C=O) groups excluding carboxylic acids is 2. The number of likely N-dealkylation sites (tertiary alicyclic amines) is 1. The summed E-state index contributed by atoms with van der Waals surface area (Å²) in [4.78, 5) is 32.9. The van der Waals surface area contributed by atoms with E-state index in [4.69, 9.17) is 0 Å². The van der Waals surface area contributed by atoms with Crippen molar-refractivity contribution in [1.82, 2.24) is 15.1 Å². The van der Waals surface area contributed by atoms with Crippen molar-refractivity contribution in [3.8, 4) is 0 Å². The molecule has 1 aliphatic carbocycles. The summed E-state index contributed by atoms with van der Waals surface area (Å²) in [7, 11) is 0. The minimum absolute atomic E-state index is 0.122. The monoisotopic (exact) mass is 654 g/mol. The lowest BCUT2D eigenvalue weighted by atomic mass is 9.67. The second-order valence-electron chi connectivity index (χ2n) is 13.4. The van der Waals surface area contributed by atoms with Crippen LogP contribution >= 0.6 is 15.9 Å². The van der Waals surface area contributed by atoms with Gasteiger partial charge in [-0.15, -0.1) is 0 Å². The number of urea groups is 1. The number of halogens is 1. The zero-order valence-electron chi connectivity index (χ0n) is 25.4. The van der Waals surface area contributed by atoms with Gasteiger partial charge in [0.25, 0.3) is 0 Å². The second-order valence-corrected chi connectivity index (χ2v) is 14.3. The molecule has 0 bridgehead atoms. The molecule has 3 heterocycles. The quantitative estimate of drug-likeness (QED) is 0.310. The number of amides is 3. The normalized spacial score (nSPS) is 27.2. The molecule has 230 valence electrons. The number of anilines is 1.